The van der Waals surface area contributed by atoms with Gasteiger partial charge in [0.1, 0.15) is 11.8 Å². The van der Waals surface area contributed by atoms with Crippen molar-refractivity contribution >= 4 is 17.6 Å². The van der Waals surface area contributed by atoms with Crippen LogP contribution >= 0.6 is 0 Å². The summed E-state index contributed by atoms with van der Waals surface area (Å²) in [7, 11) is 0. The maximum absolute atomic E-state index is 13.4. The SMILES string of the molecule is Cc1nn[nH]c1N(C(=O)O[C@H](C)c1ccccc1)c1ccc(-c2ccc(C3(c4nnn[nH]4)CC3)cc2)cc1. The van der Waals surface area contributed by atoms with Crippen LogP contribution in [0.15, 0.2) is 78.9 Å². The average Bonchev–Trinajstić information content (AvgIpc) is 3.34. The molecule has 0 bridgehead atoms. The Balaban J connectivity index is 1.24. The fourth-order valence-corrected chi connectivity index (χ4v) is 4.74. The Hall–Kier alpha value is -4.86. The Morgan fingerprint density at radius 3 is 2.16 bits per heavy atom. The van der Waals surface area contributed by atoms with Crippen molar-refractivity contribution in [2.45, 2.75) is 38.2 Å². The lowest BCUT2D eigenvalue weighted by atomic mass is 9.93. The Labute approximate surface area is 219 Å². The van der Waals surface area contributed by atoms with Crippen LogP contribution in [0.2, 0.25) is 0 Å². The van der Waals surface area contributed by atoms with Crippen LogP contribution in [0.1, 0.15) is 48.5 Å². The van der Waals surface area contributed by atoms with Crippen molar-refractivity contribution in [3.63, 3.8) is 0 Å². The quantitative estimate of drug-likeness (QED) is 0.302. The Bertz CT molecular complexity index is 1530. The van der Waals surface area contributed by atoms with Crippen molar-refractivity contribution in [3.8, 4) is 11.1 Å². The van der Waals surface area contributed by atoms with E-state index in [1.54, 1.807) is 6.92 Å². The molecule has 10 nitrogen and oxygen atoms in total. The molecule has 1 aliphatic rings. The lowest BCUT2D eigenvalue weighted by molar-refractivity contribution is 0.116. The lowest BCUT2D eigenvalue weighted by Gasteiger charge is -2.23. The van der Waals surface area contributed by atoms with E-state index in [0.717, 1.165) is 35.4 Å². The molecule has 1 amide bonds. The van der Waals surface area contributed by atoms with Gasteiger partial charge in [0.15, 0.2) is 11.6 Å². The van der Waals surface area contributed by atoms with Crippen molar-refractivity contribution < 1.29 is 9.53 Å². The Morgan fingerprint density at radius 1 is 0.895 bits per heavy atom. The van der Waals surface area contributed by atoms with Gasteiger partial charge in [-0.1, -0.05) is 71.9 Å². The molecular formula is C28H26N8O2. The van der Waals surface area contributed by atoms with E-state index < -0.39 is 12.2 Å². The van der Waals surface area contributed by atoms with Crippen molar-refractivity contribution in [1.29, 1.82) is 0 Å². The van der Waals surface area contributed by atoms with Gasteiger partial charge in [-0.25, -0.2) is 19.9 Å². The second-order valence-electron chi connectivity index (χ2n) is 9.47. The normalized spacial score (nSPS) is 14.6. The topological polar surface area (TPSA) is 126 Å². The number of benzene rings is 3. The van der Waals surface area contributed by atoms with E-state index >= 15 is 0 Å². The van der Waals surface area contributed by atoms with Crippen molar-refractivity contribution in [2.75, 3.05) is 4.90 Å². The van der Waals surface area contributed by atoms with Gasteiger partial charge in [0.25, 0.3) is 0 Å². The summed E-state index contributed by atoms with van der Waals surface area (Å²) in [5, 5.41) is 25.3. The third-order valence-corrected chi connectivity index (χ3v) is 7.10. The van der Waals surface area contributed by atoms with Gasteiger partial charge in [-0.05, 0) is 71.5 Å². The highest BCUT2D eigenvalue weighted by Crippen LogP contribution is 2.52. The van der Waals surface area contributed by atoms with E-state index in [-0.39, 0.29) is 5.41 Å². The maximum Gasteiger partial charge on any atom is 0.420 e. The van der Waals surface area contributed by atoms with E-state index in [2.05, 4.69) is 60.3 Å². The molecule has 0 unspecified atom stereocenters. The van der Waals surface area contributed by atoms with Crippen LogP contribution in [-0.4, -0.2) is 42.1 Å². The van der Waals surface area contributed by atoms with E-state index in [9.17, 15) is 4.79 Å². The molecule has 6 rings (SSSR count). The van der Waals surface area contributed by atoms with Crippen LogP contribution in [0.3, 0.4) is 0 Å². The standard InChI is InChI=1S/C28H26N8O2/c1-18-25(30-33-29-18)36(27(37)38-19(2)20-6-4-3-5-7-20)24-14-10-22(11-15-24)21-8-12-23(13-9-21)28(16-17-28)26-31-34-35-32-26/h3-15,19H,16-17H2,1-2H3,(H,29,30,33)(H,31,32,34,35)/t19-/m1/s1. The maximum atomic E-state index is 13.4. The van der Waals surface area contributed by atoms with Gasteiger partial charge < -0.3 is 4.74 Å². The molecule has 3 aromatic carbocycles. The highest BCUT2D eigenvalue weighted by Gasteiger charge is 2.49. The first-order valence-electron chi connectivity index (χ1n) is 12.4. The molecule has 0 saturated heterocycles. The number of hydrogen-bond acceptors (Lipinski definition) is 7. The number of aromatic nitrogens is 7. The van der Waals surface area contributed by atoms with E-state index in [0.29, 0.717) is 17.2 Å². The van der Waals surface area contributed by atoms with Crippen molar-refractivity contribution in [1.82, 2.24) is 36.0 Å². The zero-order valence-electron chi connectivity index (χ0n) is 21.0. The molecular weight excluding hydrogens is 480 g/mol. The minimum atomic E-state index is -0.524. The highest BCUT2D eigenvalue weighted by atomic mass is 16.6. The number of nitrogens with one attached hydrogen (secondary N) is 2. The predicted octanol–water partition coefficient (Wildman–Crippen LogP) is 5.41. The summed E-state index contributed by atoms with van der Waals surface area (Å²) in [5.74, 6) is 1.27. The summed E-state index contributed by atoms with van der Waals surface area (Å²) in [6, 6.07) is 25.8. The van der Waals surface area contributed by atoms with Crippen LogP contribution < -0.4 is 4.90 Å². The number of rotatable bonds is 7. The van der Waals surface area contributed by atoms with Gasteiger partial charge in [0.05, 0.1) is 11.1 Å². The molecule has 1 saturated carbocycles. The highest BCUT2D eigenvalue weighted by molar-refractivity contribution is 5.95. The summed E-state index contributed by atoms with van der Waals surface area (Å²) in [4.78, 5) is 14.8. The number of tetrazole rings is 1. The fourth-order valence-electron chi connectivity index (χ4n) is 4.74. The first-order valence-corrected chi connectivity index (χ1v) is 12.4. The monoisotopic (exact) mass is 506 g/mol. The molecule has 10 heteroatoms. The molecule has 1 atom stereocenters. The molecule has 0 radical (unpaired) electrons. The second-order valence-corrected chi connectivity index (χ2v) is 9.47. The second kappa shape index (κ2) is 9.55. The number of nitrogens with zero attached hydrogens (tertiary/aromatic N) is 6. The first kappa shape index (κ1) is 23.5. The molecule has 5 aromatic rings. The van der Waals surface area contributed by atoms with Crippen molar-refractivity contribution in [3.05, 3.63) is 102 Å². The number of H-pyrrole nitrogens is 2. The summed E-state index contributed by atoms with van der Waals surface area (Å²) in [6.45, 7) is 3.64. The minimum absolute atomic E-state index is 0.111. The van der Waals surface area contributed by atoms with E-state index in [1.807, 2.05) is 61.5 Å². The van der Waals surface area contributed by atoms with Gasteiger partial charge in [-0.3, -0.25) is 0 Å². The number of aromatic amines is 2. The number of aryl methyl sites for hydroxylation is 1. The first-order chi connectivity index (χ1) is 18.5. The van der Waals surface area contributed by atoms with Gasteiger partial charge in [-0.2, -0.15) is 0 Å². The third kappa shape index (κ3) is 4.30. The molecule has 1 fully saturated rings. The van der Waals surface area contributed by atoms with Gasteiger partial charge >= 0.3 is 6.09 Å². The molecule has 2 aromatic heterocycles. The van der Waals surface area contributed by atoms with E-state index in [4.69, 9.17) is 4.74 Å². The number of hydrogen-bond donors (Lipinski definition) is 2. The zero-order valence-corrected chi connectivity index (χ0v) is 21.0. The predicted molar refractivity (Wildman–Crippen MR) is 141 cm³/mol. The Morgan fingerprint density at radius 2 is 1.58 bits per heavy atom. The van der Waals surface area contributed by atoms with Gasteiger partial charge in [0.2, 0.25) is 0 Å². The van der Waals surface area contributed by atoms with Gasteiger partial charge in [-0.15, -0.1) is 10.2 Å². The molecule has 2 N–H and O–H groups in total. The largest absolute Gasteiger partial charge is 0.441 e. The smallest absolute Gasteiger partial charge is 0.420 e. The molecule has 190 valence electrons. The summed E-state index contributed by atoms with van der Waals surface area (Å²) in [6.07, 6.45) is 1.09. The molecule has 38 heavy (non-hydrogen) atoms. The average molecular weight is 507 g/mol. The molecule has 0 spiro atoms. The Kier molecular flexibility index (Phi) is 5.91. The van der Waals surface area contributed by atoms with Crippen LogP contribution in [0.25, 0.3) is 11.1 Å². The fraction of sp³-hybridized carbons (Fsp3) is 0.214. The van der Waals surface area contributed by atoms with Crippen LogP contribution in [0.5, 0.6) is 0 Å². The summed E-state index contributed by atoms with van der Waals surface area (Å²) >= 11 is 0. The molecule has 2 heterocycles. The lowest BCUT2D eigenvalue weighted by Crippen LogP contribution is -2.28. The number of carbonyl (C=O) groups is 1. The number of amides is 1. The summed E-state index contributed by atoms with van der Waals surface area (Å²) < 4.78 is 5.82. The number of anilines is 2. The van der Waals surface area contributed by atoms with Crippen LogP contribution in [-0.2, 0) is 10.2 Å². The van der Waals surface area contributed by atoms with Gasteiger partial charge in [0, 0.05) is 0 Å². The molecule has 1 aliphatic carbocycles. The van der Waals surface area contributed by atoms with Crippen LogP contribution in [0, 0.1) is 6.92 Å². The summed E-state index contributed by atoms with van der Waals surface area (Å²) in [5.41, 5.74) is 5.31. The van der Waals surface area contributed by atoms with E-state index in [1.165, 1.54) is 10.5 Å². The van der Waals surface area contributed by atoms with Crippen LogP contribution in [0.4, 0.5) is 16.3 Å². The molecule has 0 aliphatic heterocycles. The number of carbonyl (C=O) groups excluding carboxylic acids is 1. The number of ether oxygens (including phenoxy) is 1. The zero-order chi connectivity index (χ0) is 26.1. The third-order valence-electron chi connectivity index (χ3n) is 7.10. The minimum Gasteiger partial charge on any atom is -0.441 e. The van der Waals surface area contributed by atoms with Crippen molar-refractivity contribution in [2.24, 2.45) is 0 Å².